The summed E-state index contributed by atoms with van der Waals surface area (Å²) in [7, 11) is 0. The average molecular weight is 230 g/mol. The summed E-state index contributed by atoms with van der Waals surface area (Å²) >= 11 is 2.10. The Bertz CT molecular complexity index is 154. The van der Waals surface area contributed by atoms with Gasteiger partial charge in [0.2, 0.25) is 0 Å². The van der Waals surface area contributed by atoms with Crippen LogP contribution in [0.5, 0.6) is 0 Å². The molecule has 1 rings (SSSR count). The van der Waals surface area contributed by atoms with E-state index in [4.69, 9.17) is 0 Å². The van der Waals surface area contributed by atoms with Gasteiger partial charge in [-0.25, -0.2) is 0 Å². The van der Waals surface area contributed by atoms with Crippen LogP contribution in [-0.2, 0) is 0 Å². The molecule has 0 aliphatic carbocycles. The van der Waals surface area contributed by atoms with Crippen molar-refractivity contribution in [1.29, 1.82) is 0 Å². The molecule has 1 aliphatic heterocycles. The SMILES string of the molecule is CCN(CC)CC(C)NC1CCCSC1. The molecule has 1 N–H and O–H groups in total. The lowest BCUT2D eigenvalue weighted by molar-refractivity contribution is 0.261. The van der Waals surface area contributed by atoms with Crippen molar-refractivity contribution in [2.24, 2.45) is 0 Å². The molecule has 0 aromatic carbocycles. The fourth-order valence-corrected chi connectivity index (χ4v) is 3.28. The van der Waals surface area contributed by atoms with Gasteiger partial charge >= 0.3 is 0 Å². The second-order valence-electron chi connectivity index (χ2n) is 4.47. The summed E-state index contributed by atoms with van der Waals surface area (Å²) in [5.41, 5.74) is 0. The van der Waals surface area contributed by atoms with Crippen LogP contribution in [0.15, 0.2) is 0 Å². The van der Waals surface area contributed by atoms with Gasteiger partial charge in [0, 0.05) is 24.4 Å². The lowest BCUT2D eigenvalue weighted by Gasteiger charge is -2.29. The first kappa shape index (κ1) is 13.3. The maximum Gasteiger partial charge on any atom is 0.0169 e. The molecule has 0 bridgehead atoms. The van der Waals surface area contributed by atoms with Crippen molar-refractivity contribution in [2.75, 3.05) is 31.1 Å². The highest BCUT2D eigenvalue weighted by Gasteiger charge is 2.16. The van der Waals surface area contributed by atoms with Gasteiger partial charge in [-0.3, -0.25) is 0 Å². The molecule has 1 heterocycles. The molecule has 2 unspecified atom stereocenters. The van der Waals surface area contributed by atoms with E-state index in [2.05, 4.69) is 42.7 Å². The fourth-order valence-electron chi connectivity index (χ4n) is 2.20. The maximum atomic E-state index is 3.76. The second kappa shape index (κ2) is 7.53. The standard InChI is InChI=1S/C12H26N2S/c1-4-14(5-2)9-11(3)13-12-7-6-8-15-10-12/h11-13H,4-10H2,1-3H3. The Labute approximate surface area is 99.2 Å². The van der Waals surface area contributed by atoms with Crippen molar-refractivity contribution in [2.45, 2.75) is 45.7 Å². The van der Waals surface area contributed by atoms with E-state index in [1.54, 1.807) is 0 Å². The molecule has 0 saturated carbocycles. The Morgan fingerprint density at radius 3 is 2.67 bits per heavy atom. The van der Waals surface area contributed by atoms with E-state index in [9.17, 15) is 0 Å². The van der Waals surface area contributed by atoms with Crippen LogP contribution in [0.2, 0.25) is 0 Å². The Balaban J connectivity index is 2.18. The Morgan fingerprint density at radius 2 is 2.13 bits per heavy atom. The highest BCUT2D eigenvalue weighted by Crippen LogP contribution is 2.17. The smallest absolute Gasteiger partial charge is 0.0169 e. The van der Waals surface area contributed by atoms with E-state index in [-0.39, 0.29) is 0 Å². The average Bonchev–Trinajstić information content (AvgIpc) is 2.27. The number of hydrogen-bond acceptors (Lipinski definition) is 3. The van der Waals surface area contributed by atoms with Crippen LogP contribution in [0.25, 0.3) is 0 Å². The third kappa shape index (κ3) is 5.23. The topological polar surface area (TPSA) is 15.3 Å². The Kier molecular flexibility index (Phi) is 6.69. The molecule has 0 aromatic rings. The molecule has 3 heteroatoms. The van der Waals surface area contributed by atoms with Crippen LogP contribution in [0.4, 0.5) is 0 Å². The van der Waals surface area contributed by atoms with Crippen LogP contribution in [0.3, 0.4) is 0 Å². The Morgan fingerprint density at radius 1 is 1.40 bits per heavy atom. The molecule has 0 spiro atoms. The number of hydrogen-bond donors (Lipinski definition) is 1. The zero-order valence-corrected chi connectivity index (χ0v) is 11.3. The lowest BCUT2D eigenvalue weighted by Crippen LogP contribution is -2.45. The fraction of sp³-hybridized carbons (Fsp3) is 1.00. The number of rotatable bonds is 6. The van der Waals surface area contributed by atoms with E-state index in [1.807, 2.05) is 0 Å². The van der Waals surface area contributed by atoms with Gasteiger partial charge in [-0.15, -0.1) is 0 Å². The monoisotopic (exact) mass is 230 g/mol. The minimum absolute atomic E-state index is 0.633. The zero-order chi connectivity index (χ0) is 11.1. The maximum absolute atomic E-state index is 3.76. The van der Waals surface area contributed by atoms with Crippen LogP contribution >= 0.6 is 11.8 Å². The lowest BCUT2D eigenvalue weighted by atomic mass is 10.1. The summed E-state index contributed by atoms with van der Waals surface area (Å²) in [6, 6.07) is 1.39. The predicted molar refractivity (Wildman–Crippen MR) is 70.7 cm³/mol. The van der Waals surface area contributed by atoms with Crippen molar-refractivity contribution in [1.82, 2.24) is 10.2 Å². The molecule has 0 radical (unpaired) electrons. The highest BCUT2D eigenvalue weighted by molar-refractivity contribution is 7.99. The number of thioether (sulfide) groups is 1. The molecule has 1 aliphatic rings. The van der Waals surface area contributed by atoms with E-state index >= 15 is 0 Å². The summed E-state index contributed by atoms with van der Waals surface area (Å²) in [5.74, 6) is 2.67. The van der Waals surface area contributed by atoms with Crippen molar-refractivity contribution < 1.29 is 0 Å². The van der Waals surface area contributed by atoms with Gasteiger partial charge in [0.05, 0.1) is 0 Å². The minimum Gasteiger partial charge on any atom is -0.309 e. The summed E-state index contributed by atoms with van der Waals surface area (Å²) < 4.78 is 0. The van der Waals surface area contributed by atoms with Gasteiger partial charge in [0.1, 0.15) is 0 Å². The molecule has 0 aromatic heterocycles. The van der Waals surface area contributed by atoms with E-state index in [1.165, 1.54) is 44.0 Å². The third-order valence-electron chi connectivity index (χ3n) is 3.11. The van der Waals surface area contributed by atoms with E-state index in [0.717, 1.165) is 6.04 Å². The van der Waals surface area contributed by atoms with Gasteiger partial charge < -0.3 is 10.2 Å². The summed E-state index contributed by atoms with van der Waals surface area (Å²) in [4.78, 5) is 2.49. The van der Waals surface area contributed by atoms with Gasteiger partial charge in [-0.05, 0) is 38.6 Å². The molecule has 90 valence electrons. The number of nitrogens with zero attached hydrogens (tertiary/aromatic N) is 1. The normalized spacial score (nSPS) is 24.4. The summed E-state index contributed by atoms with van der Waals surface area (Å²) in [6.07, 6.45) is 2.76. The Hall–Kier alpha value is 0.270. The number of nitrogens with one attached hydrogen (secondary N) is 1. The first-order chi connectivity index (χ1) is 7.26. The van der Waals surface area contributed by atoms with Gasteiger partial charge in [0.25, 0.3) is 0 Å². The quantitative estimate of drug-likeness (QED) is 0.753. The highest BCUT2D eigenvalue weighted by atomic mass is 32.2. The summed E-state index contributed by atoms with van der Waals surface area (Å²) in [5, 5.41) is 3.76. The van der Waals surface area contributed by atoms with Gasteiger partial charge in [0.15, 0.2) is 0 Å². The van der Waals surface area contributed by atoms with Crippen molar-refractivity contribution in [3.05, 3.63) is 0 Å². The first-order valence-electron chi connectivity index (χ1n) is 6.32. The first-order valence-corrected chi connectivity index (χ1v) is 7.47. The van der Waals surface area contributed by atoms with Crippen molar-refractivity contribution in [3.8, 4) is 0 Å². The van der Waals surface area contributed by atoms with Crippen molar-refractivity contribution >= 4 is 11.8 Å². The van der Waals surface area contributed by atoms with Crippen LogP contribution < -0.4 is 5.32 Å². The molecule has 1 saturated heterocycles. The zero-order valence-electron chi connectivity index (χ0n) is 10.5. The predicted octanol–water partition coefficient (Wildman–Crippen LogP) is 2.20. The van der Waals surface area contributed by atoms with Crippen LogP contribution in [-0.4, -0.2) is 48.1 Å². The van der Waals surface area contributed by atoms with E-state index < -0.39 is 0 Å². The van der Waals surface area contributed by atoms with Crippen LogP contribution in [0, 0.1) is 0 Å². The largest absolute Gasteiger partial charge is 0.309 e. The third-order valence-corrected chi connectivity index (χ3v) is 4.32. The van der Waals surface area contributed by atoms with Crippen LogP contribution in [0.1, 0.15) is 33.6 Å². The van der Waals surface area contributed by atoms with E-state index in [0.29, 0.717) is 6.04 Å². The molecular formula is C12H26N2S. The number of likely N-dealkylation sites (N-methyl/N-ethyl adjacent to an activating group) is 1. The molecular weight excluding hydrogens is 204 g/mol. The van der Waals surface area contributed by atoms with Crippen molar-refractivity contribution in [3.63, 3.8) is 0 Å². The molecule has 2 nitrogen and oxygen atoms in total. The second-order valence-corrected chi connectivity index (χ2v) is 5.62. The molecule has 2 atom stereocenters. The van der Waals surface area contributed by atoms with Gasteiger partial charge in [-0.2, -0.15) is 11.8 Å². The van der Waals surface area contributed by atoms with Gasteiger partial charge in [-0.1, -0.05) is 13.8 Å². The molecule has 15 heavy (non-hydrogen) atoms. The molecule has 1 fully saturated rings. The minimum atomic E-state index is 0.633. The summed E-state index contributed by atoms with van der Waals surface area (Å²) in [6.45, 7) is 10.3. The molecule has 0 amide bonds.